The zero-order chi connectivity index (χ0) is 19.4. The highest BCUT2D eigenvalue weighted by Gasteiger charge is 2.46. The van der Waals surface area contributed by atoms with E-state index in [4.69, 9.17) is 4.74 Å². The molecule has 4 aliphatic rings. The fraction of sp³-hybridized carbons (Fsp3) is 0.478. The Morgan fingerprint density at radius 2 is 1.57 bits per heavy atom. The number of ketones is 2. The van der Waals surface area contributed by atoms with Crippen LogP contribution in [-0.2, 0) is 9.59 Å². The summed E-state index contributed by atoms with van der Waals surface area (Å²) in [6.07, 6.45) is 6.90. The van der Waals surface area contributed by atoms with Crippen LogP contribution in [0.3, 0.4) is 0 Å². The van der Waals surface area contributed by atoms with Crippen LogP contribution < -0.4 is 4.74 Å². The van der Waals surface area contributed by atoms with Crippen LogP contribution in [0.25, 0.3) is 0 Å². The van der Waals surface area contributed by atoms with Gasteiger partial charge in [0.2, 0.25) is 0 Å². The smallest absolute Gasteiger partial charge is 0.161 e. The molecule has 0 atom stereocenters. The molecule has 0 bridgehead atoms. The monoisotopic (exact) mass is 379 g/mol. The predicted octanol–water partition coefficient (Wildman–Crippen LogP) is 3.98. The molecule has 0 spiro atoms. The lowest BCUT2D eigenvalue weighted by molar-refractivity contribution is -0.117. The second-order valence-electron chi connectivity index (χ2n) is 8.24. The first kappa shape index (κ1) is 17.5. The molecule has 146 valence electrons. The van der Waals surface area contributed by atoms with Gasteiger partial charge in [-0.3, -0.25) is 9.59 Å². The molecule has 5 rings (SSSR count). The van der Waals surface area contributed by atoms with Crippen LogP contribution in [0, 0.1) is 0 Å². The number of hydrogen-bond donors (Lipinski definition) is 1. The minimum atomic E-state index is -0.338. The first-order valence-corrected chi connectivity index (χ1v) is 10.3. The van der Waals surface area contributed by atoms with E-state index in [1.165, 1.54) is 7.11 Å². The Labute approximate surface area is 164 Å². The molecule has 0 saturated heterocycles. The fourth-order valence-electron chi connectivity index (χ4n) is 5.14. The van der Waals surface area contributed by atoms with Crippen molar-refractivity contribution in [1.29, 1.82) is 0 Å². The number of aromatic hydroxyl groups is 1. The zero-order valence-corrected chi connectivity index (χ0v) is 16.2. The molecule has 1 heterocycles. The number of rotatable bonds is 3. The maximum absolute atomic E-state index is 13.1. The Bertz CT molecular complexity index is 894. The largest absolute Gasteiger partial charge is 0.504 e. The van der Waals surface area contributed by atoms with Crippen molar-refractivity contribution in [2.45, 2.75) is 63.3 Å². The number of hydrogen-bond acceptors (Lipinski definition) is 5. The molecule has 1 aliphatic heterocycles. The molecule has 5 nitrogen and oxygen atoms in total. The molecule has 0 aromatic heterocycles. The van der Waals surface area contributed by atoms with Crippen LogP contribution in [0.4, 0.5) is 0 Å². The van der Waals surface area contributed by atoms with Gasteiger partial charge in [0.05, 0.1) is 7.11 Å². The quantitative estimate of drug-likeness (QED) is 0.861. The third-order valence-electron chi connectivity index (χ3n) is 6.47. The van der Waals surface area contributed by atoms with Crippen molar-refractivity contribution < 1.29 is 19.4 Å². The Morgan fingerprint density at radius 3 is 2.11 bits per heavy atom. The molecule has 5 heteroatoms. The second-order valence-corrected chi connectivity index (χ2v) is 8.24. The van der Waals surface area contributed by atoms with Crippen LogP contribution in [0.2, 0.25) is 0 Å². The number of allylic oxidation sites excluding steroid dienone is 4. The minimum absolute atomic E-state index is 0.0648. The lowest BCUT2D eigenvalue weighted by Crippen LogP contribution is -2.40. The van der Waals surface area contributed by atoms with Crippen LogP contribution >= 0.6 is 0 Å². The summed E-state index contributed by atoms with van der Waals surface area (Å²) in [5, 5.41) is 10.0. The topological polar surface area (TPSA) is 66.8 Å². The van der Waals surface area contributed by atoms with Crippen molar-refractivity contribution in [2.75, 3.05) is 7.11 Å². The van der Waals surface area contributed by atoms with Gasteiger partial charge >= 0.3 is 0 Å². The summed E-state index contributed by atoms with van der Waals surface area (Å²) in [4.78, 5) is 28.6. The third-order valence-corrected chi connectivity index (χ3v) is 6.47. The van der Waals surface area contributed by atoms with Gasteiger partial charge in [-0.15, -0.1) is 0 Å². The highest BCUT2D eigenvalue weighted by molar-refractivity contribution is 6.06. The van der Waals surface area contributed by atoms with Crippen molar-refractivity contribution >= 4 is 11.6 Å². The molecule has 1 fully saturated rings. The van der Waals surface area contributed by atoms with Gasteiger partial charge in [-0.1, -0.05) is 6.07 Å². The minimum Gasteiger partial charge on any atom is -0.504 e. The SMILES string of the molecule is COc1cc(C2C3=C(CCCC3=O)N(C3CC3)C3=C2C(=O)CCC3)ccc1O. The van der Waals surface area contributed by atoms with Crippen LogP contribution in [0.15, 0.2) is 40.7 Å². The molecule has 28 heavy (non-hydrogen) atoms. The summed E-state index contributed by atoms with van der Waals surface area (Å²) < 4.78 is 5.31. The fourth-order valence-corrected chi connectivity index (χ4v) is 5.14. The van der Waals surface area contributed by atoms with Crippen LogP contribution in [0.1, 0.15) is 62.8 Å². The van der Waals surface area contributed by atoms with E-state index in [9.17, 15) is 14.7 Å². The number of benzene rings is 1. The molecule has 1 aromatic rings. The van der Waals surface area contributed by atoms with E-state index in [0.29, 0.717) is 24.6 Å². The number of phenols is 1. The third kappa shape index (κ3) is 2.60. The summed E-state index contributed by atoms with van der Waals surface area (Å²) >= 11 is 0. The maximum atomic E-state index is 13.1. The molecule has 1 aromatic carbocycles. The zero-order valence-electron chi connectivity index (χ0n) is 16.2. The van der Waals surface area contributed by atoms with Gasteiger partial charge in [0.25, 0.3) is 0 Å². The number of carbonyl (C=O) groups is 2. The summed E-state index contributed by atoms with van der Waals surface area (Å²) in [6, 6.07) is 5.66. The Kier molecular flexibility index (Phi) is 4.07. The maximum Gasteiger partial charge on any atom is 0.161 e. The highest BCUT2D eigenvalue weighted by atomic mass is 16.5. The van der Waals surface area contributed by atoms with E-state index in [0.717, 1.165) is 66.6 Å². The molecule has 0 radical (unpaired) electrons. The lowest BCUT2D eigenvalue weighted by Gasteiger charge is -2.44. The van der Waals surface area contributed by atoms with Crippen molar-refractivity contribution in [3.8, 4) is 11.5 Å². The van der Waals surface area contributed by atoms with E-state index in [1.807, 2.05) is 6.07 Å². The summed E-state index contributed by atoms with van der Waals surface area (Å²) in [7, 11) is 1.52. The first-order valence-electron chi connectivity index (χ1n) is 10.3. The molecular formula is C23H25NO4. The number of nitrogens with zero attached hydrogens (tertiary/aromatic N) is 1. The highest BCUT2D eigenvalue weighted by Crippen LogP contribution is 2.52. The van der Waals surface area contributed by atoms with E-state index in [1.54, 1.807) is 12.1 Å². The Hall–Kier alpha value is -2.56. The van der Waals surface area contributed by atoms with Gasteiger partial charge in [-0.2, -0.15) is 0 Å². The molecule has 1 N–H and O–H groups in total. The summed E-state index contributed by atoms with van der Waals surface area (Å²) in [5.41, 5.74) is 4.75. The van der Waals surface area contributed by atoms with E-state index in [2.05, 4.69) is 4.90 Å². The Balaban J connectivity index is 1.74. The molecular weight excluding hydrogens is 354 g/mol. The van der Waals surface area contributed by atoms with E-state index >= 15 is 0 Å². The van der Waals surface area contributed by atoms with Crippen molar-refractivity contribution in [1.82, 2.24) is 4.90 Å². The summed E-state index contributed by atoms with van der Waals surface area (Å²) in [6.45, 7) is 0. The number of ether oxygens (including phenoxy) is 1. The Morgan fingerprint density at radius 1 is 0.964 bits per heavy atom. The first-order chi connectivity index (χ1) is 13.6. The number of methoxy groups -OCH3 is 1. The molecule has 0 unspecified atom stereocenters. The van der Waals surface area contributed by atoms with Gasteiger partial charge < -0.3 is 14.7 Å². The summed E-state index contributed by atoms with van der Waals surface area (Å²) in [5.74, 6) is 0.422. The predicted molar refractivity (Wildman–Crippen MR) is 104 cm³/mol. The van der Waals surface area contributed by atoms with Gasteiger partial charge in [0.15, 0.2) is 23.1 Å². The molecule has 3 aliphatic carbocycles. The van der Waals surface area contributed by atoms with Crippen LogP contribution in [0.5, 0.6) is 11.5 Å². The average molecular weight is 379 g/mol. The number of Topliss-reactive ketones (excluding diaryl/α,β-unsaturated/α-hetero) is 2. The van der Waals surface area contributed by atoms with E-state index < -0.39 is 0 Å². The van der Waals surface area contributed by atoms with Gasteiger partial charge in [-0.05, 0) is 56.2 Å². The van der Waals surface area contributed by atoms with Crippen molar-refractivity contribution in [3.63, 3.8) is 0 Å². The molecule has 0 amide bonds. The van der Waals surface area contributed by atoms with Gasteiger partial charge in [0, 0.05) is 47.3 Å². The standard InChI is InChI=1S/C23H25NO4/c1-28-20-12-13(8-11-17(20)25)21-22-15(4-2-6-18(22)26)24(14-9-10-14)16-5-3-7-19(27)23(16)21/h8,11-12,14,21,25H,2-7,9-10H2,1H3. The number of phenolic OH excluding ortho intramolecular Hbond substituents is 1. The van der Waals surface area contributed by atoms with E-state index in [-0.39, 0.29) is 23.2 Å². The van der Waals surface area contributed by atoms with Crippen LogP contribution in [-0.4, -0.2) is 34.7 Å². The van der Waals surface area contributed by atoms with Crippen molar-refractivity contribution in [3.05, 3.63) is 46.3 Å². The van der Waals surface area contributed by atoms with Gasteiger partial charge in [-0.25, -0.2) is 0 Å². The number of carbonyl (C=O) groups excluding carboxylic acids is 2. The lowest BCUT2D eigenvalue weighted by atomic mass is 9.71. The molecule has 1 saturated carbocycles. The normalized spacial score (nSPS) is 23.1. The average Bonchev–Trinajstić information content (AvgIpc) is 3.52. The second kappa shape index (κ2) is 6.50. The van der Waals surface area contributed by atoms with Crippen molar-refractivity contribution in [2.24, 2.45) is 0 Å². The van der Waals surface area contributed by atoms with Gasteiger partial charge in [0.1, 0.15) is 0 Å².